The Balaban J connectivity index is 1.92. The van der Waals surface area contributed by atoms with Gasteiger partial charge in [0, 0.05) is 19.0 Å². The van der Waals surface area contributed by atoms with Gasteiger partial charge >= 0.3 is 0 Å². The van der Waals surface area contributed by atoms with Crippen LogP contribution in [0.3, 0.4) is 0 Å². The molecule has 0 radical (unpaired) electrons. The number of hydrogen-bond donors (Lipinski definition) is 1. The summed E-state index contributed by atoms with van der Waals surface area (Å²) in [5, 5.41) is 8.86. The predicted octanol–water partition coefficient (Wildman–Crippen LogP) is 1.05. The Kier molecular flexibility index (Phi) is 4.99. The number of carbonyl (C=O) groups is 2. The molecule has 1 aromatic carbocycles. The monoisotopic (exact) mass is 301 g/mol. The summed E-state index contributed by atoms with van der Waals surface area (Å²) < 4.78 is 5.61. The van der Waals surface area contributed by atoms with E-state index in [2.05, 4.69) is 0 Å². The standard InChI is InChI=1S/C16H19N3O3/c1-11(22-14-4-2-3-12(9-14)10-17)16(21)19-7-5-13(6-8-19)15(18)20/h2-4,9,11,13H,5-8H2,1H3,(H2,18,20). The molecule has 0 bridgehead atoms. The van der Waals surface area contributed by atoms with Crippen LogP contribution in [0.15, 0.2) is 24.3 Å². The molecular weight excluding hydrogens is 282 g/mol. The largest absolute Gasteiger partial charge is 0.481 e. The molecule has 1 saturated heterocycles. The van der Waals surface area contributed by atoms with Crippen LogP contribution < -0.4 is 10.5 Å². The van der Waals surface area contributed by atoms with E-state index in [1.165, 1.54) is 0 Å². The minimum atomic E-state index is -0.640. The number of piperidine rings is 1. The van der Waals surface area contributed by atoms with Crippen LogP contribution in [0.5, 0.6) is 5.75 Å². The molecule has 1 heterocycles. The highest BCUT2D eigenvalue weighted by molar-refractivity contribution is 5.82. The van der Waals surface area contributed by atoms with E-state index in [1.807, 2.05) is 6.07 Å². The Morgan fingerprint density at radius 1 is 1.41 bits per heavy atom. The van der Waals surface area contributed by atoms with Crippen LogP contribution in [0.4, 0.5) is 0 Å². The highest BCUT2D eigenvalue weighted by Gasteiger charge is 2.29. The number of amides is 2. The second-order valence-corrected chi connectivity index (χ2v) is 5.40. The van der Waals surface area contributed by atoms with Crippen molar-refractivity contribution in [3.63, 3.8) is 0 Å². The van der Waals surface area contributed by atoms with Crippen molar-refractivity contribution in [2.75, 3.05) is 13.1 Å². The quantitative estimate of drug-likeness (QED) is 0.899. The maximum Gasteiger partial charge on any atom is 0.263 e. The smallest absolute Gasteiger partial charge is 0.263 e. The molecule has 0 aromatic heterocycles. The zero-order valence-electron chi connectivity index (χ0n) is 12.5. The molecule has 2 rings (SSSR count). The van der Waals surface area contributed by atoms with Gasteiger partial charge in [-0.15, -0.1) is 0 Å². The minimum absolute atomic E-state index is 0.120. The first-order valence-corrected chi connectivity index (χ1v) is 7.26. The second-order valence-electron chi connectivity index (χ2n) is 5.40. The average molecular weight is 301 g/mol. The summed E-state index contributed by atoms with van der Waals surface area (Å²) in [4.78, 5) is 25.2. The molecule has 6 nitrogen and oxygen atoms in total. The van der Waals surface area contributed by atoms with Crippen LogP contribution in [-0.4, -0.2) is 35.9 Å². The van der Waals surface area contributed by atoms with E-state index in [9.17, 15) is 9.59 Å². The Bertz CT molecular complexity index is 601. The number of nitrogens with two attached hydrogens (primary N) is 1. The number of rotatable bonds is 4. The van der Waals surface area contributed by atoms with Gasteiger partial charge in [0.2, 0.25) is 5.91 Å². The lowest BCUT2D eigenvalue weighted by molar-refractivity contribution is -0.140. The number of carbonyl (C=O) groups excluding carboxylic acids is 2. The van der Waals surface area contributed by atoms with Crippen molar-refractivity contribution in [1.29, 1.82) is 5.26 Å². The number of ether oxygens (including phenoxy) is 1. The average Bonchev–Trinajstić information content (AvgIpc) is 2.54. The molecule has 1 unspecified atom stereocenters. The summed E-state index contributed by atoms with van der Waals surface area (Å²) in [7, 11) is 0. The molecule has 1 fully saturated rings. The van der Waals surface area contributed by atoms with Gasteiger partial charge in [0.05, 0.1) is 11.6 Å². The van der Waals surface area contributed by atoms with Crippen LogP contribution in [0.2, 0.25) is 0 Å². The third kappa shape index (κ3) is 3.76. The normalized spacial score (nSPS) is 16.6. The van der Waals surface area contributed by atoms with Crippen LogP contribution in [0, 0.1) is 17.2 Å². The van der Waals surface area contributed by atoms with E-state index in [0.717, 1.165) is 0 Å². The van der Waals surface area contributed by atoms with Crippen molar-refractivity contribution in [1.82, 2.24) is 4.90 Å². The Morgan fingerprint density at radius 2 is 2.09 bits per heavy atom. The molecule has 2 N–H and O–H groups in total. The van der Waals surface area contributed by atoms with E-state index >= 15 is 0 Å². The van der Waals surface area contributed by atoms with Crippen LogP contribution >= 0.6 is 0 Å². The summed E-state index contributed by atoms with van der Waals surface area (Å²) in [6, 6.07) is 8.73. The van der Waals surface area contributed by atoms with Gasteiger partial charge < -0.3 is 15.4 Å². The summed E-state index contributed by atoms with van der Waals surface area (Å²) in [6.45, 7) is 2.71. The minimum Gasteiger partial charge on any atom is -0.481 e. The topological polar surface area (TPSA) is 96.4 Å². The van der Waals surface area contributed by atoms with Gasteiger partial charge in [0.1, 0.15) is 5.75 Å². The number of nitrogens with zero attached hydrogens (tertiary/aromatic N) is 2. The van der Waals surface area contributed by atoms with Gasteiger partial charge in [-0.05, 0) is 38.0 Å². The van der Waals surface area contributed by atoms with E-state index in [0.29, 0.717) is 37.2 Å². The van der Waals surface area contributed by atoms with Crippen LogP contribution in [0.1, 0.15) is 25.3 Å². The van der Waals surface area contributed by atoms with Crippen molar-refractivity contribution < 1.29 is 14.3 Å². The number of nitriles is 1. The lowest BCUT2D eigenvalue weighted by atomic mass is 9.96. The fraction of sp³-hybridized carbons (Fsp3) is 0.438. The summed E-state index contributed by atoms with van der Waals surface area (Å²) in [6.07, 6.45) is 0.550. The van der Waals surface area contributed by atoms with Gasteiger partial charge in [-0.3, -0.25) is 9.59 Å². The lowest BCUT2D eigenvalue weighted by Crippen LogP contribution is -2.46. The Morgan fingerprint density at radius 3 is 2.68 bits per heavy atom. The molecule has 1 atom stereocenters. The Labute approximate surface area is 129 Å². The number of benzene rings is 1. The first kappa shape index (κ1) is 15.8. The first-order chi connectivity index (χ1) is 10.5. The summed E-state index contributed by atoms with van der Waals surface area (Å²) >= 11 is 0. The SMILES string of the molecule is CC(Oc1cccc(C#N)c1)C(=O)N1CCC(C(N)=O)CC1. The molecule has 1 aliphatic rings. The first-order valence-electron chi connectivity index (χ1n) is 7.26. The van der Waals surface area contributed by atoms with Gasteiger partial charge in [-0.1, -0.05) is 6.07 Å². The zero-order chi connectivity index (χ0) is 16.1. The number of likely N-dealkylation sites (tertiary alicyclic amines) is 1. The summed E-state index contributed by atoms with van der Waals surface area (Å²) in [5.74, 6) is -0.0745. The van der Waals surface area contributed by atoms with E-state index in [-0.39, 0.29) is 17.7 Å². The predicted molar refractivity (Wildman–Crippen MR) is 79.7 cm³/mol. The molecule has 1 aliphatic heterocycles. The molecule has 0 aliphatic carbocycles. The van der Waals surface area contributed by atoms with E-state index < -0.39 is 6.10 Å². The number of primary amides is 1. The van der Waals surface area contributed by atoms with Crippen molar-refractivity contribution >= 4 is 11.8 Å². The second kappa shape index (κ2) is 6.94. The maximum atomic E-state index is 12.4. The third-order valence-electron chi connectivity index (χ3n) is 3.83. The van der Waals surface area contributed by atoms with Crippen LogP contribution in [0.25, 0.3) is 0 Å². The fourth-order valence-electron chi connectivity index (χ4n) is 2.53. The van der Waals surface area contributed by atoms with Crippen molar-refractivity contribution in [3.8, 4) is 11.8 Å². The third-order valence-corrected chi connectivity index (χ3v) is 3.83. The molecule has 2 amide bonds. The molecule has 116 valence electrons. The molecular formula is C16H19N3O3. The Hall–Kier alpha value is -2.55. The van der Waals surface area contributed by atoms with Crippen molar-refractivity contribution in [2.45, 2.75) is 25.9 Å². The van der Waals surface area contributed by atoms with E-state index in [4.69, 9.17) is 15.7 Å². The fourth-order valence-corrected chi connectivity index (χ4v) is 2.53. The lowest BCUT2D eigenvalue weighted by Gasteiger charge is -2.32. The number of hydrogen-bond acceptors (Lipinski definition) is 4. The van der Waals surface area contributed by atoms with E-state index in [1.54, 1.807) is 36.1 Å². The maximum absolute atomic E-state index is 12.4. The van der Waals surface area contributed by atoms with Crippen molar-refractivity contribution in [3.05, 3.63) is 29.8 Å². The van der Waals surface area contributed by atoms with Gasteiger partial charge in [0.15, 0.2) is 6.10 Å². The molecule has 1 aromatic rings. The highest BCUT2D eigenvalue weighted by atomic mass is 16.5. The molecule has 6 heteroatoms. The van der Waals surface area contributed by atoms with Gasteiger partial charge in [-0.25, -0.2) is 0 Å². The molecule has 0 spiro atoms. The van der Waals surface area contributed by atoms with Gasteiger partial charge in [0.25, 0.3) is 5.91 Å². The molecule has 22 heavy (non-hydrogen) atoms. The summed E-state index contributed by atoms with van der Waals surface area (Å²) in [5.41, 5.74) is 5.77. The molecule has 0 saturated carbocycles. The van der Waals surface area contributed by atoms with Crippen LogP contribution in [-0.2, 0) is 9.59 Å². The zero-order valence-corrected chi connectivity index (χ0v) is 12.5. The highest BCUT2D eigenvalue weighted by Crippen LogP contribution is 2.19. The van der Waals surface area contributed by atoms with Gasteiger partial charge in [-0.2, -0.15) is 5.26 Å². The van der Waals surface area contributed by atoms with Crippen molar-refractivity contribution in [2.24, 2.45) is 11.7 Å².